The summed E-state index contributed by atoms with van der Waals surface area (Å²) in [4.78, 5) is 14.9. The Hall–Kier alpha value is -2.66. The average molecular weight is 316 g/mol. The average Bonchev–Trinajstić information content (AvgIpc) is 3.06. The van der Waals surface area contributed by atoms with Gasteiger partial charge in [0.15, 0.2) is 0 Å². The van der Waals surface area contributed by atoms with Gasteiger partial charge in [-0.3, -0.25) is 15.0 Å². The van der Waals surface area contributed by atoms with Crippen LogP contribution in [0.3, 0.4) is 0 Å². The monoisotopic (exact) mass is 315 g/mol. The summed E-state index contributed by atoms with van der Waals surface area (Å²) in [5, 5.41) is 16.6. The fraction of sp³-hybridized carbons (Fsp3) is 0.0625. The lowest BCUT2D eigenvalue weighted by atomic mass is 10.1. The number of phenolic OH excluding ortho intramolecular Hbond substituents is 1. The van der Waals surface area contributed by atoms with E-state index in [1.165, 1.54) is 0 Å². The molecule has 0 fully saturated rings. The van der Waals surface area contributed by atoms with Gasteiger partial charge in [-0.15, -0.1) is 0 Å². The fourth-order valence-electron chi connectivity index (χ4n) is 2.16. The minimum atomic E-state index is -0.192. The quantitative estimate of drug-likeness (QED) is 0.586. The smallest absolute Gasteiger partial charge is 0.271 e. The van der Waals surface area contributed by atoms with Gasteiger partial charge in [0, 0.05) is 11.9 Å². The van der Waals surface area contributed by atoms with Crippen LogP contribution in [0.5, 0.6) is 5.75 Å². The van der Waals surface area contributed by atoms with Crippen molar-refractivity contribution in [2.24, 2.45) is 0 Å². The molecule has 0 aliphatic heterocycles. The summed E-state index contributed by atoms with van der Waals surface area (Å²) in [6.07, 6.45) is 5.96. The number of nitrogens with one attached hydrogen (secondary N) is 3. The zero-order valence-electron chi connectivity index (χ0n) is 11.6. The van der Waals surface area contributed by atoms with Gasteiger partial charge in [0.25, 0.3) is 5.56 Å². The molecule has 5 nitrogen and oxygen atoms in total. The molecule has 0 atom stereocenters. The normalized spacial score (nSPS) is 13.0. The Morgan fingerprint density at radius 2 is 1.95 bits per heavy atom. The lowest BCUT2D eigenvalue weighted by Crippen LogP contribution is -2.33. The molecule has 0 amide bonds. The van der Waals surface area contributed by atoms with E-state index in [-0.39, 0.29) is 11.3 Å². The third-order valence-corrected chi connectivity index (χ3v) is 3.51. The van der Waals surface area contributed by atoms with Crippen molar-refractivity contribution in [3.05, 3.63) is 73.7 Å². The van der Waals surface area contributed by atoms with Crippen LogP contribution in [0.2, 0.25) is 5.02 Å². The zero-order valence-corrected chi connectivity index (χ0v) is 12.3. The summed E-state index contributed by atoms with van der Waals surface area (Å²) >= 11 is 5.86. The van der Waals surface area contributed by atoms with Crippen LogP contribution in [0.4, 0.5) is 0 Å². The minimum absolute atomic E-state index is 0.192. The van der Waals surface area contributed by atoms with Gasteiger partial charge in [-0.05, 0) is 36.3 Å². The highest BCUT2D eigenvalue weighted by Gasteiger charge is 1.98. The van der Waals surface area contributed by atoms with Gasteiger partial charge in [0.2, 0.25) is 0 Å². The summed E-state index contributed by atoms with van der Waals surface area (Å²) < 4.78 is 0. The predicted octanol–water partition coefficient (Wildman–Crippen LogP) is 1.24. The second-order valence-corrected chi connectivity index (χ2v) is 5.34. The van der Waals surface area contributed by atoms with Gasteiger partial charge in [-0.2, -0.15) is 0 Å². The number of phenols is 1. The summed E-state index contributed by atoms with van der Waals surface area (Å²) in [6, 6.07) is 8.70. The first-order valence-corrected chi connectivity index (χ1v) is 7.10. The number of aromatic hydroxyl groups is 1. The van der Waals surface area contributed by atoms with Crippen molar-refractivity contribution in [1.29, 1.82) is 0 Å². The molecule has 112 valence electrons. The molecule has 0 radical (unpaired) electrons. The molecule has 2 heterocycles. The van der Waals surface area contributed by atoms with Crippen LogP contribution < -0.4 is 16.1 Å². The van der Waals surface area contributed by atoms with E-state index in [9.17, 15) is 9.90 Å². The van der Waals surface area contributed by atoms with Crippen molar-refractivity contribution in [3.8, 4) is 5.75 Å². The van der Waals surface area contributed by atoms with Crippen molar-refractivity contribution in [1.82, 2.24) is 15.2 Å². The molecular formula is C16H14ClN3O2. The maximum atomic E-state index is 11.9. The molecular weight excluding hydrogens is 302 g/mol. The van der Waals surface area contributed by atoms with E-state index in [1.807, 2.05) is 18.2 Å². The Balaban J connectivity index is 1.98. The molecule has 0 aliphatic carbocycles. The molecule has 0 saturated carbocycles. The SMILES string of the molecule is O=c1[nH][nH]c(=CCc2ccc(O)cc2)c1=Cc1cc(Cl)c[nH]1. The van der Waals surface area contributed by atoms with Crippen LogP contribution in [0, 0.1) is 0 Å². The second kappa shape index (κ2) is 5.99. The Morgan fingerprint density at radius 1 is 1.18 bits per heavy atom. The fourth-order valence-corrected chi connectivity index (χ4v) is 2.33. The van der Waals surface area contributed by atoms with Crippen LogP contribution in [0.15, 0.2) is 41.3 Å². The first kappa shape index (κ1) is 14.3. The lowest BCUT2D eigenvalue weighted by molar-refractivity contribution is 0.475. The summed E-state index contributed by atoms with van der Waals surface area (Å²) in [5.74, 6) is 0.233. The van der Waals surface area contributed by atoms with Gasteiger partial charge < -0.3 is 10.1 Å². The largest absolute Gasteiger partial charge is 0.508 e. The number of benzene rings is 1. The first-order chi connectivity index (χ1) is 10.6. The highest BCUT2D eigenvalue weighted by molar-refractivity contribution is 6.30. The summed E-state index contributed by atoms with van der Waals surface area (Å²) in [7, 11) is 0. The lowest BCUT2D eigenvalue weighted by Gasteiger charge is -1.95. The van der Waals surface area contributed by atoms with Crippen molar-refractivity contribution in [2.45, 2.75) is 6.42 Å². The van der Waals surface area contributed by atoms with Gasteiger partial charge in [0.1, 0.15) is 5.75 Å². The number of hydrogen-bond donors (Lipinski definition) is 4. The molecule has 0 saturated heterocycles. The summed E-state index contributed by atoms with van der Waals surface area (Å²) in [5.41, 5.74) is 1.60. The number of rotatable bonds is 3. The number of hydrogen-bond acceptors (Lipinski definition) is 2. The van der Waals surface area contributed by atoms with E-state index in [2.05, 4.69) is 15.2 Å². The Morgan fingerprint density at radius 3 is 2.64 bits per heavy atom. The van der Waals surface area contributed by atoms with E-state index < -0.39 is 0 Å². The van der Waals surface area contributed by atoms with Crippen molar-refractivity contribution in [3.63, 3.8) is 0 Å². The Labute approximate surface area is 130 Å². The molecule has 0 spiro atoms. The number of H-pyrrole nitrogens is 3. The van der Waals surface area contributed by atoms with Crippen molar-refractivity contribution >= 4 is 23.8 Å². The second-order valence-electron chi connectivity index (χ2n) is 4.90. The van der Waals surface area contributed by atoms with Crippen LogP contribution in [0.25, 0.3) is 12.2 Å². The molecule has 4 N–H and O–H groups in total. The molecule has 3 aromatic rings. The van der Waals surface area contributed by atoms with Crippen molar-refractivity contribution < 1.29 is 5.11 Å². The van der Waals surface area contributed by atoms with Crippen LogP contribution >= 0.6 is 11.6 Å². The molecule has 3 rings (SSSR count). The predicted molar refractivity (Wildman–Crippen MR) is 86.3 cm³/mol. The molecule has 0 unspecified atom stereocenters. The Kier molecular flexibility index (Phi) is 3.89. The van der Waals surface area contributed by atoms with Gasteiger partial charge in [-0.1, -0.05) is 29.8 Å². The maximum absolute atomic E-state index is 11.9. The van der Waals surface area contributed by atoms with E-state index >= 15 is 0 Å². The Bertz CT molecular complexity index is 948. The third-order valence-electron chi connectivity index (χ3n) is 3.29. The molecule has 0 bridgehead atoms. The molecule has 0 aliphatic rings. The highest BCUT2D eigenvalue weighted by Crippen LogP contribution is 2.10. The number of halogens is 1. The number of aromatic nitrogens is 3. The topological polar surface area (TPSA) is 84.7 Å². The van der Waals surface area contributed by atoms with Crippen LogP contribution in [-0.2, 0) is 6.42 Å². The molecule has 2 aromatic heterocycles. The van der Waals surface area contributed by atoms with Crippen LogP contribution in [-0.4, -0.2) is 20.3 Å². The van der Waals surface area contributed by atoms with Gasteiger partial charge in [-0.25, -0.2) is 0 Å². The molecule has 1 aromatic carbocycles. The van der Waals surface area contributed by atoms with E-state index in [1.54, 1.807) is 30.5 Å². The number of aromatic amines is 3. The zero-order chi connectivity index (χ0) is 15.5. The molecule has 22 heavy (non-hydrogen) atoms. The van der Waals surface area contributed by atoms with Crippen LogP contribution in [0.1, 0.15) is 11.3 Å². The van der Waals surface area contributed by atoms with Gasteiger partial charge in [0.05, 0.1) is 15.6 Å². The van der Waals surface area contributed by atoms with E-state index in [4.69, 9.17) is 11.6 Å². The highest BCUT2D eigenvalue weighted by atomic mass is 35.5. The van der Waals surface area contributed by atoms with Crippen molar-refractivity contribution in [2.75, 3.05) is 0 Å². The maximum Gasteiger partial charge on any atom is 0.271 e. The first-order valence-electron chi connectivity index (χ1n) is 6.72. The standard InChI is InChI=1S/C16H14ClN3O2/c17-11-7-12(18-9-11)8-14-15(19-20-16(14)22)6-3-10-1-4-13(21)5-2-10/h1-2,4-9,18-19,21H,3H2,(H,20,22). The third kappa shape index (κ3) is 3.15. The minimum Gasteiger partial charge on any atom is -0.508 e. The molecule has 6 heteroatoms. The van der Waals surface area contributed by atoms with Gasteiger partial charge >= 0.3 is 0 Å². The van der Waals surface area contributed by atoms with E-state index in [0.717, 1.165) is 11.3 Å². The summed E-state index contributed by atoms with van der Waals surface area (Å²) in [6.45, 7) is 0. The van der Waals surface area contributed by atoms with E-state index in [0.29, 0.717) is 22.0 Å².